The molecule has 0 saturated heterocycles. The van der Waals surface area contributed by atoms with Crippen LogP contribution < -0.4 is 4.74 Å². The van der Waals surface area contributed by atoms with Crippen LogP contribution in [0.4, 0.5) is 17.6 Å². The minimum absolute atomic E-state index is 0.137. The highest BCUT2D eigenvalue weighted by atomic mass is 19.4. The monoisotopic (exact) mass is 286 g/mol. The summed E-state index contributed by atoms with van der Waals surface area (Å²) >= 11 is 0. The lowest BCUT2D eigenvalue weighted by molar-refractivity contribution is -0.274. The van der Waals surface area contributed by atoms with E-state index in [1.54, 1.807) is 6.92 Å². The molecule has 0 radical (unpaired) electrons. The predicted octanol–water partition coefficient (Wildman–Crippen LogP) is 4.08. The minimum atomic E-state index is -4.74. The molecule has 0 unspecified atom stereocenters. The van der Waals surface area contributed by atoms with Crippen LogP contribution >= 0.6 is 0 Å². The average molecular weight is 286 g/mol. The van der Waals surface area contributed by atoms with Crippen LogP contribution in [0.25, 0.3) is 11.9 Å². The topological polar surface area (TPSA) is 37.9 Å². The van der Waals surface area contributed by atoms with Gasteiger partial charge in [0.2, 0.25) is 0 Å². The first-order valence-electron chi connectivity index (χ1n) is 5.59. The predicted molar refractivity (Wildman–Crippen MR) is 65.4 cm³/mol. The Morgan fingerprint density at radius 1 is 1.25 bits per heavy atom. The molecule has 0 bridgehead atoms. The van der Waals surface area contributed by atoms with E-state index in [9.17, 15) is 17.6 Å². The van der Waals surface area contributed by atoms with Gasteiger partial charge in [-0.15, -0.1) is 13.2 Å². The van der Waals surface area contributed by atoms with Crippen molar-refractivity contribution in [3.05, 3.63) is 47.3 Å². The van der Waals surface area contributed by atoms with Gasteiger partial charge in [0.15, 0.2) is 5.83 Å². The number of halogens is 4. The molecule has 1 N–H and O–H groups in total. The first-order valence-corrected chi connectivity index (χ1v) is 5.59. The van der Waals surface area contributed by atoms with E-state index in [2.05, 4.69) is 14.9 Å². The summed E-state index contributed by atoms with van der Waals surface area (Å²) in [5.41, 5.74) is 1.24. The lowest BCUT2D eigenvalue weighted by atomic mass is 10.2. The molecule has 0 aliphatic carbocycles. The summed E-state index contributed by atoms with van der Waals surface area (Å²) in [6, 6.07) is 6.39. The van der Waals surface area contributed by atoms with Gasteiger partial charge in [-0.2, -0.15) is 5.10 Å². The lowest BCUT2D eigenvalue weighted by Gasteiger charge is -2.08. The quantitative estimate of drug-likeness (QED) is 0.863. The molecule has 0 amide bonds. The number of aromatic nitrogens is 2. The summed E-state index contributed by atoms with van der Waals surface area (Å²) in [6.45, 7) is 1.73. The molecule has 1 heterocycles. The van der Waals surface area contributed by atoms with E-state index in [1.807, 2.05) is 0 Å². The summed E-state index contributed by atoms with van der Waals surface area (Å²) in [5, 5.41) is 6.33. The third-order valence-corrected chi connectivity index (χ3v) is 2.36. The molecule has 106 valence electrons. The molecule has 2 rings (SSSR count). The van der Waals surface area contributed by atoms with Crippen molar-refractivity contribution in [2.24, 2.45) is 0 Å². The third kappa shape index (κ3) is 3.84. The fourth-order valence-electron chi connectivity index (χ4n) is 1.53. The number of benzene rings is 1. The molecule has 1 aromatic carbocycles. The highest BCUT2D eigenvalue weighted by Crippen LogP contribution is 2.24. The van der Waals surface area contributed by atoms with Crippen LogP contribution in [0.15, 0.2) is 30.3 Å². The van der Waals surface area contributed by atoms with Gasteiger partial charge >= 0.3 is 6.36 Å². The van der Waals surface area contributed by atoms with E-state index >= 15 is 0 Å². The van der Waals surface area contributed by atoms with Crippen molar-refractivity contribution in [3.8, 4) is 5.75 Å². The second-order valence-electron chi connectivity index (χ2n) is 4.05. The van der Waals surface area contributed by atoms with Gasteiger partial charge in [0, 0.05) is 5.69 Å². The standard InChI is InChI=1S/C13H10F4N2O/c1-8-6-12(19-18-8)11(14)7-9-2-4-10(5-3-9)20-13(15,16)17/h2-7H,1H3,(H,18,19). The molecule has 0 spiro atoms. The first-order chi connectivity index (χ1) is 9.33. The highest BCUT2D eigenvalue weighted by Gasteiger charge is 2.30. The Balaban J connectivity index is 2.14. The number of aryl methyl sites for hydroxylation is 1. The highest BCUT2D eigenvalue weighted by molar-refractivity contribution is 5.75. The molecule has 0 aliphatic rings. The molecule has 0 fully saturated rings. The number of aromatic amines is 1. The fraction of sp³-hybridized carbons (Fsp3) is 0.154. The van der Waals surface area contributed by atoms with Crippen molar-refractivity contribution < 1.29 is 22.3 Å². The first kappa shape index (κ1) is 14.1. The van der Waals surface area contributed by atoms with E-state index in [4.69, 9.17) is 0 Å². The summed E-state index contributed by atoms with van der Waals surface area (Å²) in [7, 11) is 0. The van der Waals surface area contributed by atoms with E-state index in [0.717, 1.165) is 12.1 Å². The zero-order chi connectivity index (χ0) is 14.8. The summed E-state index contributed by atoms with van der Waals surface area (Å²) in [4.78, 5) is 0. The number of rotatable bonds is 3. The van der Waals surface area contributed by atoms with Crippen LogP contribution in [-0.2, 0) is 0 Å². The van der Waals surface area contributed by atoms with Crippen LogP contribution in [-0.4, -0.2) is 16.6 Å². The zero-order valence-electron chi connectivity index (χ0n) is 10.3. The Kier molecular flexibility index (Phi) is 3.78. The molecule has 2 aromatic rings. The number of hydrogen-bond donors (Lipinski definition) is 1. The number of H-pyrrole nitrogens is 1. The Morgan fingerprint density at radius 2 is 1.90 bits per heavy atom. The van der Waals surface area contributed by atoms with Gasteiger partial charge < -0.3 is 4.74 Å². The molecule has 3 nitrogen and oxygen atoms in total. The normalized spacial score (nSPS) is 12.6. The van der Waals surface area contributed by atoms with Gasteiger partial charge in [-0.25, -0.2) is 4.39 Å². The van der Waals surface area contributed by atoms with Crippen molar-refractivity contribution in [2.75, 3.05) is 0 Å². The zero-order valence-corrected chi connectivity index (χ0v) is 10.3. The van der Waals surface area contributed by atoms with Gasteiger partial charge in [0.05, 0.1) is 0 Å². The van der Waals surface area contributed by atoms with E-state index in [0.29, 0.717) is 11.3 Å². The lowest BCUT2D eigenvalue weighted by Crippen LogP contribution is -2.16. The van der Waals surface area contributed by atoms with E-state index < -0.39 is 12.2 Å². The number of alkyl halides is 3. The van der Waals surface area contributed by atoms with Crippen molar-refractivity contribution in [1.29, 1.82) is 0 Å². The molecular weight excluding hydrogens is 276 g/mol. The molecule has 0 saturated carbocycles. The van der Waals surface area contributed by atoms with Crippen molar-refractivity contribution in [1.82, 2.24) is 10.2 Å². The van der Waals surface area contributed by atoms with E-state index in [-0.39, 0.29) is 11.4 Å². The second kappa shape index (κ2) is 5.36. The van der Waals surface area contributed by atoms with Gasteiger partial charge in [-0.1, -0.05) is 12.1 Å². The number of ether oxygens (including phenoxy) is 1. The van der Waals surface area contributed by atoms with Crippen molar-refractivity contribution >= 4 is 11.9 Å². The maximum absolute atomic E-state index is 13.8. The van der Waals surface area contributed by atoms with Gasteiger partial charge in [-0.05, 0) is 36.8 Å². The Labute approximate surface area is 111 Å². The van der Waals surface area contributed by atoms with Crippen molar-refractivity contribution in [2.45, 2.75) is 13.3 Å². The second-order valence-corrected chi connectivity index (χ2v) is 4.05. The minimum Gasteiger partial charge on any atom is -0.406 e. The van der Waals surface area contributed by atoms with Crippen LogP contribution in [0.1, 0.15) is 17.0 Å². The van der Waals surface area contributed by atoms with Gasteiger partial charge in [-0.3, -0.25) is 5.10 Å². The molecule has 7 heteroatoms. The van der Waals surface area contributed by atoms with Crippen LogP contribution in [0.2, 0.25) is 0 Å². The fourth-order valence-corrected chi connectivity index (χ4v) is 1.53. The number of nitrogens with zero attached hydrogens (tertiary/aromatic N) is 1. The van der Waals surface area contributed by atoms with Gasteiger partial charge in [0.25, 0.3) is 0 Å². The molecule has 0 atom stereocenters. The van der Waals surface area contributed by atoms with Gasteiger partial charge in [0.1, 0.15) is 11.4 Å². The molecule has 0 aliphatic heterocycles. The Morgan fingerprint density at radius 3 is 2.40 bits per heavy atom. The smallest absolute Gasteiger partial charge is 0.406 e. The van der Waals surface area contributed by atoms with Crippen molar-refractivity contribution in [3.63, 3.8) is 0 Å². The number of hydrogen-bond acceptors (Lipinski definition) is 2. The maximum Gasteiger partial charge on any atom is 0.573 e. The largest absolute Gasteiger partial charge is 0.573 e. The summed E-state index contributed by atoms with van der Waals surface area (Å²) in [6.07, 6.45) is -3.57. The SMILES string of the molecule is Cc1cc(C(F)=Cc2ccc(OC(F)(F)F)cc2)n[nH]1. The molecule has 1 aromatic heterocycles. The Bertz CT molecular complexity index is 614. The van der Waals surface area contributed by atoms with Crippen LogP contribution in [0, 0.1) is 6.92 Å². The van der Waals surface area contributed by atoms with E-state index in [1.165, 1.54) is 24.3 Å². The summed E-state index contributed by atoms with van der Waals surface area (Å²) in [5.74, 6) is -0.940. The van der Waals surface area contributed by atoms with Crippen LogP contribution in [0.5, 0.6) is 5.75 Å². The maximum atomic E-state index is 13.8. The third-order valence-electron chi connectivity index (χ3n) is 2.36. The average Bonchev–Trinajstić information content (AvgIpc) is 2.77. The number of nitrogens with one attached hydrogen (secondary N) is 1. The molecule has 20 heavy (non-hydrogen) atoms. The van der Waals surface area contributed by atoms with Crippen LogP contribution in [0.3, 0.4) is 0 Å². The summed E-state index contributed by atoms with van der Waals surface area (Å²) < 4.78 is 53.4. The molecular formula is C13H10F4N2O. The Hall–Kier alpha value is -2.31.